The largest absolute Gasteiger partial charge is 0.324 e. The zero-order chi connectivity index (χ0) is 17.2. The summed E-state index contributed by atoms with van der Waals surface area (Å²) in [6, 6.07) is 13.4. The van der Waals surface area contributed by atoms with Crippen LogP contribution in [-0.2, 0) is 11.3 Å². The van der Waals surface area contributed by atoms with Gasteiger partial charge in [0.1, 0.15) is 18.1 Å². The molecule has 4 rings (SSSR count). The Bertz CT molecular complexity index is 1040. The number of benzene rings is 2. The van der Waals surface area contributed by atoms with Crippen molar-refractivity contribution in [3.8, 4) is 11.5 Å². The van der Waals surface area contributed by atoms with Crippen molar-refractivity contribution in [1.82, 2.24) is 14.5 Å². The van der Waals surface area contributed by atoms with Gasteiger partial charge in [0.05, 0.1) is 16.5 Å². The zero-order valence-electron chi connectivity index (χ0n) is 13.0. The summed E-state index contributed by atoms with van der Waals surface area (Å²) in [6.07, 6.45) is 0. The number of carbonyl (C=O) groups is 1. The summed E-state index contributed by atoms with van der Waals surface area (Å²) in [5, 5.41) is 4.60. The number of nitrogens with zero attached hydrogens (tertiary/aromatic N) is 3. The van der Waals surface area contributed by atoms with Gasteiger partial charge >= 0.3 is 0 Å². The third-order valence-corrected chi connectivity index (χ3v) is 4.31. The van der Waals surface area contributed by atoms with Gasteiger partial charge in [-0.3, -0.25) is 4.79 Å². The summed E-state index contributed by atoms with van der Waals surface area (Å²) in [5.74, 6) is -0.0175. The van der Waals surface area contributed by atoms with Gasteiger partial charge in [0.2, 0.25) is 5.91 Å². The number of imidazole rings is 1. The van der Waals surface area contributed by atoms with Crippen LogP contribution in [0.5, 0.6) is 0 Å². The van der Waals surface area contributed by atoms with Crippen LogP contribution in [0, 0.1) is 5.82 Å². The van der Waals surface area contributed by atoms with Gasteiger partial charge in [-0.25, -0.2) is 14.4 Å². The fourth-order valence-corrected chi connectivity index (χ4v) is 3.19. The SMILES string of the molecule is O=C(Cn1c(-c2cscn2)nc2ccccc21)Nc1cccc(F)c1. The minimum Gasteiger partial charge on any atom is -0.324 e. The molecule has 2 aromatic heterocycles. The van der Waals surface area contributed by atoms with Crippen molar-refractivity contribution < 1.29 is 9.18 Å². The molecule has 5 nitrogen and oxygen atoms in total. The van der Waals surface area contributed by atoms with Crippen molar-refractivity contribution in [3.05, 3.63) is 65.2 Å². The molecule has 1 amide bonds. The first-order chi connectivity index (χ1) is 12.2. The quantitative estimate of drug-likeness (QED) is 0.605. The molecule has 0 bridgehead atoms. The number of hydrogen-bond acceptors (Lipinski definition) is 4. The predicted molar refractivity (Wildman–Crippen MR) is 95.9 cm³/mol. The van der Waals surface area contributed by atoms with Crippen molar-refractivity contribution in [1.29, 1.82) is 0 Å². The average molecular weight is 352 g/mol. The second-order valence-electron chi connectivity index (χ2n) is 5.44. The summed E-state index contributed by atoms with van der Waals surface area (Å²) in [7, 11) is 0. The van der Waals surface area contributed by atoms with E-state index in [1.165, 1.54) is 23.5 Å². The molecule has 0 unspecified atom stereocenters. The van der Waals surface area contributed by atoms with E-state index in [4.69, 9.17) is 0 Å². The molecule has 2 aromatic carbocycles. The number of carbonyl (C=O) groups excluding carboxylic acids is 1. The van der Waals surface area contributed by atoms with Gasteiger partial charge in [-0.05, 0) is 30.3 Å². The van der Waals surface area contributed by atoms with Gasteiger partial charge in [-0.2, -0.15) is 0 Å². The summed E-state index contributed by atoms with van der Waals surface area (Å²) in [6.45, 7) is 0.0594. The van der Waals surface area contributed by atoms with Crippen LogP contribution in [0.15, 0.2) is 59.4 Å². The maximum Gasteiger partial charge on any atom is 0.244 e. The van der Waals surface area contributed by atoms with Crippen molar-refractivity contribution in [2.24, 2.45) is 0 Å². The van der Waals surface area contributed by atoms with Crippen LogP contribution in [0.25, 0.3) is 22.6 Å². The molecule has 0 aliphatic rings. The van der Waals surface area contributed by atoms with E-state index < -0.39 is 5.82 Å². The highest BCUT2D eigenvalue weighted by atomic mass is 32.1. The highest BCUT2D eigenvalue weighted by molar-refractivity contribution is 7.07. The Morgan fingerprint density at radius 2 is 2.08 bits per heavy atom. The fourth-order valence-electron chi connectivity index (χ4n) is 2.66. The maximum atomic E-state index is 13.3. The molecular formula is C18H13FN4OS. The third-order valence-electron chi connectivity index (χ3n) is 3.73. The highest BCUT2D eigenvalue weighted by Gasteiger charge is 2.16. The number of amides is 1. The normalized spacial score (nSPS) is 10.9. The first-order valence-corrected chi connectivity index (χ1v) is 8.54. The molecule has 0 spiro atoms. The molecule has 0 atom stereocenters. The van der Waals surface area contributed by atoms with Gasteiger partial charge in [0.15, 0.2) is 5.82 Å². The summed E-state index contributed by atoms with van der Waals surface area (Å²) < 4.78 is 15.1. The fraction of sp³-hybridized carbons (Fsp3) is 0.0556. The first-order valence-electron chi connectivity index (χ1n) is 7.60. The van der Waals surface area contributed by atoms with Gasteiger partial charge < -0.3 is 9.88 Å². The van der Waals surface area contributed by atoms with Crippen molar-refractivity contribution in [2.75, 3.05) is 5.32 Å². The van der Waals surface area contributed by atoms with Crippen LogP contribution < -0.4 is 5.32 Å². The van der Waals surface area contributed by atoms with Crippen molar-refractivity contribution in [3.63, 3.8) is 0 Å². The van der Waals surface area contributed by atoms with Gasteiger partial charge in [-0.1, -0.05) is 18.2 Å². The number of rotatable bonds is 4. The minimum atomic E-state index is -0.394. The van der Waals surface area contributed by atoms with Crippen LogP contribution in [0.2, 0.25) is 0 Å². The molecule has 1 N–H and O–H groups in total. The lowest BCUT2D eigenvalue weighted by molar-refractivity contribution is -0.116. The molecular weight excluding hydrogens is 339 g/mol. The maximum absolute atomic E-state index is 13.3. The van der Waals surface area contributed by atoms with E-state index in [0.29, 0.717) is 11.5 Å². The number of thiazole rings is 1. The number of hydrogen-bond donors (Lipinski definition) is 1. The Hall–Kier alpha value is -3.06. The molecule has 0 aliphatic carbocycles. The number of halogens is 1. The average Bonchev–Trinajstić information content (AvgIpc) is 3.23. The molecule has 25 heavy (non-hydrogen) atoms. The van der Waals surface area contributed by atoms with E-state index in [-0.39, 0.29) is 12.5 Å². The lowest BCUT2D eigenvalue weighted by Crippen LogP contribution is -2.19. The predicted octanol–water partition coefficient (Wildman–Crippen LogP) is 3.94. The Morgan fingerprint density at radius 3 is 2.88 bits per heavy atom. The van der Waals surface area contributed by atoms with E-state index >= 15 is 0 Å². The molecule has 0 fully saturated rings. The van der Waals surface area contributed by atoms with Crippen LogP contribution in [0.1, 0.15) is 0 Å². The molecule has 7 heteroatoms. The highest BCUT2D eigenvalue weighted by Crippen LogP contribution is 2.24. The number of anilines is 1. The third kappa shape index (κ3) is 3.14. The van der Waals surface area contributed by atoms with E-state index in [9.17, 15) is 9.18 Å². The standard InChI is InChI=1S/C18H13FN4OS/c19-12-4-3-5-13(8-12)21-17(24)9-23-16-7-2-1-6-14(16)22-18(23)15-10-25-11-20-15/h1-8,10-11H,9H2,(H,21,24). The number of nitrogens with one attached hydrogen (secondary N) is 1. The monoisotopic (exact) mass is 352 g/mol. The summed E-state index contributed by atoms with van der Waals surface area (Å²) in [4.78, 5) is 21.4. The van der Waals surface area contributed by atoms with E-state index in [1.807, 2.05) is 34.2 Å². The Labute approximate surface area is 146 Å². The minimum absolute atomic E-state index is 0.0594. The Balaban J connectivity index is 1.68. The van der Waals surface area contributed by atoms with Crippen molar-refractivity contribution >= 4 is 34.0 Å². The molecule has 4 aromatic rings. The number of aromatic nitrogens is 3. The molecule has 124 valence electrons. The number of fused-ring (bicyclic) bond motifs is 1. The topological polar surface area (TPSA) is 59.8 Å². The van der Waals surface area contributed by atoms with E-state index in [0.717, 1.165) is 16.7 Å². The Morgan fingerprint density at radius 1 is 1.20 bits per heavy atom. The molecule has 0 radical (unpaired) electrons. The van der Waals surface area contributed by atoms with Crippen molar-refractivity contribution in [2.45, 2.75) is 6.54 Å². The lowest BCUT2D eigenvalue weighted by atomic mass is 10.3. The summed E-state index contributed by atoms with van der Waals surface area (Å²) in [5.41, 5.74) is 4.51. The van der Waals surface area contributed by atoms with Gasteiger partial charge in [-0.15, -0.1) is 11.3 Å². The van der Waals surface area contributed by atoms with Crippen LogP contribution in [0.3, 0.4) is 0 Å². The molecule has 0 saturated carbocycles. The first kappa shape index (κ1) is 15.5. The van der Waals surface area contributed by atoms with Crippen LogP contribution in [0.4, 0.5) is 10.1 Å². The smallest absolute Gasteiger partial charge is 0.244 e. The van der Waals surface area contributed by atoms with Crippen LogP contribution >= 0.6 is 11.3 Å². The van der Waals surface area contributed by atoms with Gasteiger partial charge in [0.25, 0.3) is 0 Å². The van der Waals surface area contributed by atoms with E-state index in [2.05, 4.69) is 15.3 Å². The molecule has 0 saturated heterocycles. The molecule has 2 heterocycles. The second-order valence-corrected chi connectivity index (χ2v) is 6.16. The van der Waals surface area contributed by atoms with E-state index in [1.54, 1.807) is 17.6 Å². The van der Waals surface area contributed by atoms with Crippen LogP contribution in [-0.4, -0.2) is 20.4 Å². The van der Waals surface area contributed by atoms with Gasteiger partial charge in [0, 0.05) is 11.1 Å². The Kier molecular flexibility index (Phi) is 3.99. The summed E-state index contributed by atoms with van der Waals surface area (Å²) >= 11 is 1.47. The zero-order valence-corrected chi connectivity index (χ0v) is 13.8. The molecule has 0 aliphatic heterocycles. The number of para-hydroxylation sites is 2. The lowest BCUT2D eigenvalue weighted by Gasteiger charge is -2.09. The second kappa shape index (κ2) is 6.45.